The Bertz CT molecular complexity index is 450. The van der Waals surface area contributed by atoms with E-state index in [1.165, 1.54) is 6.92 Å². The summed E-state index contributed by atoms with van der Waals surface area (Å²) in [6, 6.07) is 0.919. The van der Waals surface area contributed by atoms with Crippen LogP contribution in [0.3, 0.4) is 0 Å². The highest BCUT2D eigenvalue weighted by molar-refractivity contribution is 5.87. The zero-order valence-corrected chi connectivity index (χ0v) is 8.22. The largest absolute Gasteiger partial charge is 0.461 e. The highest BCUT2D eigenvalue weighted by Gasteiger charge is 2.32. The number of alkyl halides is 3. The number of ether oxygens (including phenoxy) is 1. The van der Waals surface area contributed by atoms with Crippen molar-refractivity contribution < 1.29 is 22.7 Å². The molecule has 0 spiro atoms. The van der Waals surface area contributed by atoms with Crippen molar-refractivity contribution in [2.45, 2.75) is 13.1 Å². The number of aromatic amines is 1. The molecular formula is C9H8F3NO3. The van der Waals surface area contributed by atoms with Crippen LogP contribution >= 0.6 is 0 Å². The van der Waals surface area contributed by atoms with E-state index in [-0.39, 0.29) is 6.61 Å². The van der Waals surface area contributed by atoms with Crippen LogP contribution in [0.15, 0.2) is 16.9 Å². The fourth-order valence-electron chi connectivity index (χ4n) is 1.03. The van der Waals surface area contributed by atoms with Gasteiger partial charge in [0, 0.05) is 6.07 Å². The molecule has 0 amide bonds. The molecule has 7 heteroatoms. The van der Waals surface area contributed by atoms with Crippen LogP contribution in [0, 0.1) is 0 Å². The number of esters is 1. The Labute approximate surface area is 88.0 Å². The van der Waals surface area contributed by atoms with Crippen LogP contribution in [0.4, 0.5) is 13.2 Å². The van der Waals surface area contributed by atoms with Gasteiger partial charge in [-0.1, -0.05) is 0 Å². The Kier molecular flexibility index (Phi) is 3.36. The predicted octanol–water partition coefficient (Wildman–Crippen LogP) is 1.57. The van der Waals surface area contributed by atoms with Crippen molar-refractivity contribution in [3.8, 4) is 0 Å². The van der Waals surface area contributed by atoms with Gasteiger partial charge >= 0.3 is 12.1 Å². The quantitative estimate of drug-likeness (QED) is 0.791. The van der Waals surface area contributed by atoms with Crippen molar-refractivity contribution in [2.75, 3.05) is 6.61 Å². The molecule has 1 N–H and O–H groups in total. The summed E-state index contributed by atoms with van der Waals surface area (Å²) in [7, 11) is 0. The molecule has 0 bridgehead atoms. The predicted molar refractivity (Wildman–Crippen MR) is 48.0 cm³/mol. The summed E-state index contributed by atoms with van der Waals surface area (Å²) in [4.78, 5) is 24.0. The zero-order chi connectivity index (χ0) is 12.3. The molecule has 0 atom stereocenters. The SMILES string of the molecule is CCOC(=O)c1cc(C(F)(F)F)cc(=O)[nH]1. The molecule has 1 rings (SSSR count). The van der Waals surface area contributed by atoms with Gasteiger partial charge in [0.25, 0.3) is 0 Å². The van der Waals surface area contributed by atoms with E-state index >= 15 is 0 Å². The minimum Gasteiger partial charge on any atom is -0.461 e. The number of H-pyrrole nitrogens is 1. The molecule has 0 aliphatic rings. The third-order valence-corrected chi connectivity index (χ3v) is 1.67. The van der Waals surface area contributed by atoms with Gasteiger partial charge < -0.3 is 9.72 Å². The smallest absolute Gasteiger partial charge is 0.416 e. The Balaban J connectivity index is 3.18. The summed E-state index contributed by atoms with van der Waals surface area (Å²) >= 11 is 0. The molecule has 4 nitrogen and oxygen atoms in total. The van der Waals surface area contributed by atoms with E-state index in [2.05, 4.69) is 4.74 Å². The Morgan fingerprint density at radius 3 is 2.56 bits per heavy atom. The number of rotatable bonds is 2. The molecule has 0 fully saturated rings. The first kappa shape index (κ1) is 12.3. The second kappa shape index (κ2) is 4.38. The summed E-state index contributed by atoms with van der Waals surface area (Å²) in [5.74, 6) is -0.995. The average molecular weight is 235 g/mol. The lowest BCUT2D eigenvalue weighted by atomic mass is 10.2. The molecule has 1 heterocycles. The maximum absolute atomic E-state index is 12.3. The Morgan fingerprint density at radius 2 is 2.06 bits per heavy atom. The fourth-order valence-corrected chi connectivity index (χ4v) is 1.03. The van der Waals surface area contributed by atoms with Crippen LogP contribution in [-0.2, 0) is 10.9 Å². The normalized spacial score (nSPS) is 11.2. The number of nitrogens with one attached hydrogen (secondary N) is 1. The van der Waals surface area contributed by atoms with Gasteiger partial charge in [-0.05, 0) is 13.0 Å². The second-order valence-electron chi connectivity index (χ2n) is 2.87. The third-order valence-electron chi connectivity index (χ3n) is 1.67. The summed E-state index contributed by atoms with van der Waals surface area (Å²) < 4.78 is 41.4. The van der Waals surface area contributed by atoms with Crippen LogP contribution in [0.5, 0.6) is 0 Å². The molecule has 0 unspecified atom stereocenters. The first-order chi connectivity index (χ1) is 7.34. The second-order valence-corrected chi connectivity index (χ2v) is 2.87. The zero-order valence-electron chi connectivity index (χ0n) is 8.22. The molecule has 0 aliphatic heterocycles. The summed E-state index contributed by atoms with van der Waals surface area (Å²) in [5, 5.41) is 0. The van der Waals surface area contributed by atoms with Gasteiger partial charge in [-0.2, -0.15) is 13.2 Å². The lowest BCUT2D eigenvalue weighted by molar-refractivity contribution is -0.137. The monoisotopic (exact) mass is 235 g/mol. The van der Waals surface area contributed by atoms with Gasteiger partial charge in [-0.3, -0.25) is 4.79 Å². The van der Waals surface area contributed by atoms with Crippen molar-refractivity contribution in [2.24, 2.45) is 0 Å². The molecule has 0 aromatic carbocycles. The maximum atomic E-state index is 12.3. The van der Waals surface area contributed by atoms with Crippen LogP contribution in [0.1, 0.15) is 23.0 Å². The lowest BCUT2D eigenvalue weighted by Gasteiger charge is -2.07. The fraction of sp³-hybridized carbons (Fsp3) is 0.333. The first-order valence-corrected chi connectivity index (χ1v) is 4.33. The standard InChI is InChI=1S/C9H8F3NO3/c1-2-16-8(15)6-3-5(9(10,11)12)4-7(14)13-6/h3-4H,2H2,1H3,(H,13,14). The van der Waals surface area contributed by atoms with E-state index in [0.29, 0.717) is 12.1 Å². The number of pyridine rings is 1. The summed E-state index contributed by atoms with van der Waals surface area (Å²) in [6.45, 7) is 1.51. The van der Waals surface area contributed by atoms with Gasteiger partial charge in [-0.15, -0.1) is 0 Å². The topological polar surface area (TPSA) is 59.2 Å². The van der Waals surface area contributed by atoms with Gasteiger partial charge in [0.2, 0.25) is 5.56 Å². The van der Waals surface area contributed by atoms with E-state index in [1.54, 1.807) is 0 Å². The number of hydrogen-bond donors (Lipinski definition) is 1. The van der Waals surface area contributed by atoms with Crippen molar-refractivity contribution >= 4 is 5.97 Å². The Hall–Kier alpha value is -1.79. The number of halogens is 3. The highest BCUT2D eigenvalue weighted by Crippen LogP contribution is 2.28. The number of aromatic nitrogens is 1. The summed E-state index contributed by atoms with van der Waals surface area (Å²) in [6.07, 6.45) is -4.67. The van der Waals surface area contributed by atoms with Gasteiger partial charge in [0.15, 0.2) is 0 Å². The van der Waals surface area contributed by atoms with Crippen LogP contribution in [0.2, 0.25) is 0 Å². The van der Waals surface area contributed by atoms with Crippen LogP contribution in [0.25, 0.3) is 0 Å². The van der Waals surface area contributed by atoms with Crippen molar-refractivity contribution in [3.05, 3.63) is 33.7 Å². The Morgan fingerprint density at radius 1 is 1.44 bits per heavy atom. The minimum absolute atomic E-state index is 0.0110. The molecule has 0 aliphatic carbocycles. The summed E-state index contributed by atoms with van der Waals surface area (Å²) in [5.41, 5.74) is -2.70. The van der Waals surface area contributed by atoms with Crippen molar-refractivity contribution in [3.63, 3.8) is 0 Å². The van der Waals surface area contributed by atoms with E-state index in [9.17, 15) is 22.8 Å². The molecule has 0 saturated carbocycles. The number of hydrogen-bond acceptors (Lipinski definition) is 3. The van der Waals surface area contributed by atoms with Gasteiger partial charge in [0.05, 0.1) is 12.2 Å². The molecule has 88 valence electrons. The number of carbonyl (C=O) groups excluding carboxylic acids is 1. The van der Waals surface area contributed by atoms with E-state index < -0.39 is 29.0 Å². The molecule has 1 aromatic heterocycles. The average Bonchev–Trinajstić information content (AvgIpc) is 2.16. The molecule has 0 saturated heterocycles. The highest BCUT2D eigenvalue weighted by atomic mass is 19.4. The lowest BCUT2D eigenvalue weighted by Crippen LogP contribution is -2.18. The number of carbonyl (C=O) groups is 1. The molecular weight excluding hydrogens is 227 g/mol. The van der Waals surface area contributed by atoms with Crippen LogP contribution in [-0.4, -0.2) is 17.6 Å². The molecule has 1 aromatic rings. The molecule has 16 heavy (non-hydrogen) atoms. The molecule has 0 radical (unpaired) electrons. The van der Waals surface area contributed by atoms with E-state index in [4.69, 9.17) is 0 Å². The van der Waals surface area contributed by atoms with E-state index in [0.717, 1.165) is 0 Å². The third kappa shape index (κ3) is 2.85. The van der Waals surface area contributed by atoms with Crippen molar-refractivity contribution in [1.29, 1.82) is 0 Å². The van der Waals surface area contributed by atoms with Gasteiger partial charge in [-0.25, -0.2) is 4.79 Å². The van der Waals surface area contributed by atoms with E-state index in [1.807, 2.05) is 4.98 Å². The minimum atomic E-state index is -4.67. The van der Waals surface area contributed by atoms with Crippen LogP contribution < -0.4 is 5.56 Å². The maximum Gasteiger partial charge on any atom is 0.416 e. The van der Waals surface area contributed by atoms with Crippen molar-refractivity contribution in [1.82, 2.24) is 4.98 Å². The first-order valence-electron chi connectivity index (χ1n) is 4.33. The van der Waals surface area contributed by atoms with Gasteiger partial charge in [0.1, 0.15) is 5.69 Å².